The Labute approximate surface area is 494 Å². The highest BCUT2D eigenvalue weighted by Gasteiger charge is 2.43. The molecule has 0 bridgehead atoms. The van der Waals surface area contributed by atoms with Gasteiger partial charge in [0.1, 0.15) is 0 Å². The first kappa shape index (κ1) is 53.6. The second kappa shape index (κ2) is 20.9. The van der Waals surface area contributed by atoms with E-state index in [1.807, 2.05) is 0 Å². The summed E-state index contributed by atoms with van der Waals surface area (Å²) in [7, 11) is 0. The maximum atomic E-state index is 2.50. The average Bonchev–Trinajstić information content (AvgIpc) is 3.33. The topological polar surface area (TPSA) is 6.48 Å². The lowest BCUT2D eigenvalue weighted by molar-refractivity contribution is 0.490. The summed E-state index contributed by atoms with van der Waals surface area (Å²) in [5, 5.41) is 0. The third kappa shape index (κ3) is 8.67. The van der Waals surface area contributed by atoms with Crippen LogP contribution in [0.4, 0.5) is 34.1 Å². The van der Waals surface area contributed by atoms with Gasteiger partial charge in [-0.25, -0.2) is 0 Å². The van der Waals surface area contributed by atoms with Crippen LogP contribution in [0, 0.1) is 27.7 Å². The quantitative estimate of drug-likeness (QED) is 0.100. The summed E-state index contributed by atoms with van der Waals surface area (Å²) in [5.74, 6) is 0. The van der Waals surface area contributed by atoms with Crippen molar-refractivity contribution in [3.8, 4) is 33.4 Å². The fourth-order valence-corrected chi connectivity index (χ4v) is 14.9. The van der Waals surface area contributed by atoms with Crippen molar-refractivity contribution in [2.75, 3.05) is 9.80 Å². The predicted octanol–water partition coefficient (Wildman–Crippen LogP) is 22.7. The molecule has 0 N–H and O–H groups in total. The number of fused-ring (bicyclic) bond motifs is 9. The number of para-hydroxylation sites is 4. The zero-order valence-electron chi connectivity index (χ0n) is 50.2. The van der Waals surface area contributed by atoms with Crippen LogP contribution in [0.5, 0.6) is 0 Å². The molecule has 10 aromatic rings. The van der Waals surface area contributed by atoms with Gasteiger partial charge in [-0.1, -0.05) is 224 Å². The number of anilines is 6. The maximum absolute atomic E-state index is 2.50. The summed E-state index contributed by atoms with van der Waals surface area (Å²) >= 11 is 0. The van der Waals surface area contributed by atoms with Crippen LogP contribution in [0.25, 0.3) is 57.7 Å². The SMILES string of the molecule is CCC1(CC)c2cc(C=Cc3ccc4c(c3)C(C)(C)c3cc(C=Cc5ccc6c(c5)C(CC)(CC)c5cc(N(c7ccccc7C)c7ccccc7C)ccc5-6)ccc3-4)ccc2-c2ccc(N(c3ccccc3C)c3ccccc3C)cc21. The third-order valence-corrected chi connectivity index (χ3v) is 19.8. The fraction of sp³-hybridized carbons (Fsp3) is 0.210. The van der Waals surface area contributed by atoms with Crippen LogP contribution in [0.3, 0.4) is 0 Å². The Hall–Kier alpha value is -8.72. The highest BCUT2D eigenvalue weighted by atomic mass is 15.2. The number of hydrogen-bond donors (Lipinski definition) is 0. The Kier molecular flexibility index (Phi) is 13.5. The first-order valence-electron chi connectivity index (χ1n) is 30.4. The molecule has 0 spiro atoms. The molecular formula is C81H76N2. The molecule has 0 amide bonds. The summed E-state index contributed by atoms with van der Waals surface area (Å²) < 4.78 is 0. The molecule has 0 fully saturated rings. The van der Waals surface area contributed by atoms with Crippen LogP contribution >= 0.6 is 0 Å². The van der Waals surface area contributed by atoms with Gasteiger partial charge in [0, 0.05) is 50.4 Å². The van der Waals surface area contributed by atoms with Gasteiger partial charge in [0.15, 0.2) is 0 Å². The second-order valence-corrected chi connectivity index (χ2v) is 24.4. The Morgan fingerprint density at radius 2 is 0.530 bits per heavy atom. The van der Waals surface area contributed by atoms with E-state index >= 15 is 0 Å². The summed E-state index contributed by atoms with van der Waals surface area (Å²) in [6, 6.07) is 78.1. The lowest BCUT2D eigenvalue weighted by Gasteiger charge is -2.32. The Morgan fingerprint density at radius 1 is 0.289 bits per heavy atom. The van der Waals surface area contributed by atoms with Crippen LogP contribution < -0.4 is 9.80 Å². The molecular weight excluding hydrogens is 1000 g/mol. The first-order valence-corrected chi connectivity index (χ1v) is 30.4. The van der Waals surface area contributed by atoms with E-state index in [9.17, 15) is 0 Å². The summed E-state index contributed by atoms with van der Waals surface area (Å²) in [4.78, 5) is 4.93. The molecule has 0 saturated heterocycles. The number of nitrogens with zero attached hydrogens (tertiary/aromatic N) is 2. The van der Waals surface area contributed by atoms with Crippen molar-refractivity contribution in [2.45, 2.75) is 111 Å². The van der Waals surface area contributed by atoms with Gasteiger partial charge in [-0.2, -0.15) is 0 Å². The van der Waals surface area contributed by atoms with E-state index in [1.165, 1.54) is 145 Å². The molecule has 0 heterocycles. The largest absolute Gasteiger partial charge is 0.310 e. The molecule has 2 heteroatoms. The smallest absolute Gasteiger partial charge is 0.0490 e. The van der Waals surface area contributed by atoms with Crippen LogP contribution in [-0.4, -0.2) is 0 Å². The lowest BCUT2D eigenvalue weighted by atomic mass is 9.73. The van der Waals surface area contributed by atoms with E-state index in [1.54, 1.807) is 0 Å². The van der Waals surface area contributed by atoms with E-state index in [0.717, 1.165) is 25.7 Å². The summed E-state index contributed by atoms with van der Waals surface area (Å²) in [5.41, 5.74) is 33.5. The Bertz CT molecular complexity index is 3880. The van der Waals surface area contributed by atoms with E-state index in [-0.39, 0.29) is 16.2 Å². The minimum Gasteiger partial charge on any atom is -0.310 e. The van der Waals surface area contributed by atoms with Gasteiger partial charge in [0.25, 0.3) is 0 Å². The molecule has 13 rings (SSSR count). The van der Waals surface area contributed by atoms with Gasteiger partial charge in [0.05, 0.1) is 0 Å². The van der Waals surface area contributed by atoms with Crippen molar-refractivity contribution in [1.29, 1.82) is 0 Å². The minimum absolute atomic E-state index is 0.0892. The minimum atomic E-state index is -0.152. The van der Waals surface area contributed by atoms with Crippen LogP contribution in [-0.2, 0) is 16.2 Å². The highest BCUT2D eigenvalue weighted by molar-refractivity contribution is 5.91. The lowest BCUT2D eigenvalue weighted by Crippen LogP contribution is -2.23. The van der Waals surface area contributed by atoms with E-state index in [2.05, 4.69) is 310 Å². The van der Waals surface area contributed by atoms with Crippen molar-refractivity contribution >= 4 is 58.4 Å². The fourth-order valence-electron chi connectivity index (χ4n) is 14.9. The molecule has 0 unspecified atom stereocenters. The molecule has 83 heavy (non-hydrogen) atoms. The number of rotatable bonds is 14. The van der Waals surface area contributed by atoms with Crippen LogP contribution in [0.15, 0.2) is 206 Å². The molecule has 0 aromatic heterocycles. The molecule has 3 aliphatic carbocycles. The second-order valence-electron chi connectivity index (χ2n) is 24.4. The molecule has 410 valence electrons. The van der Waals surface area contributed by atoms with E-state index in [0.29, 0.717) is 0 Å². The Balaban J connectivity index is 0.758. The Morgan fingerprint density at radius 3 is 0.807 bits per heavy atom. The van der Waals surface area contributed by atoms with Gasteiger partial charge in [-0.15, -0.1) is 0 Å². The van der Waals surface area contributed by atoms with Crippen molar-refractivity contribution in [3.63, 3.8) is 0 Å². The number of aryl methyl sites for hydroxylation is 4. The molecule has 0 radical (unpaired) electrons. The predicted molar refractivity (Wildman–Crippen MR) is 357 cm³/mol. The van der Waals surface area contributed by atoms with E-state index in [4.69, 9.17) is 0 Å². The van der Waals surface area contributed by atoms with E-state index < -0.39 is 0 Å². The molecule has 0 aliphatic heterocycles. The normalized spacial score (nSPS) is 14.5. The van der Waals surface area contributed by atoms with Crippen LogP contribution in [0.2, 0.25) is 0 Å². The van der Waals surface area contributed by atoms with Crippen LogP contribution in [0.1, 0.15) is 145 Å². The van der Waals surface area contributed by atoms with Crippen molar-refractivity contribution in [2.24, 2.45) is 0 Å². The van der Waals surface area contributed by atoms with Gasteiger partial charge in [-0.3, -0.25) is 0 Å². The summed E-state index contributed by atoms with van der Waals surface area (Å²) in [6.07, 6.45) is 13.4. The number of benzene rings is 10. The number of hydrogen-bond acceptors (Lipinski definition) is 2. The van der Waals surface area contributed by atoms with Gasteiger partial charge >= 0.3 is 0 Å². The zero-order chi connectivity index (χ0) is 57.4. The van der Waals surface area contributed by atoms with Crippen molar-refractivity contribution in [1.82, 2.24) is 0 Å². The first-order chi connectivity index (χ1) is 40.3. The van der Waals surface area contributed by atoms with Gasteiger partial charge < -0.3 is 9.80 Å². The molecule has 2 nitrogen and oxygen atoms in total. The average molecular weight is 1080 g/mol. The molecule has 10 aromatic carbocycles. The molecule has 0 saturated carbocycles. The highest BCUT2D eigenvalue weighted by Crippen LogP contribution is 2.57. The molecule has 3 aliphatic rings. The van der Waals surface area contributed by atoms with Crippen molar-refractivity contribution in [3.05, 3.63) is 284 Å². The van der Waals surface area contributed by atoms with Gasteiger partial charge in [-0.05, 0) is 213 Å². The standard InChI is InChI=1S/C81H76N2/c1-11-80(12-2)71-49-59(37-43-65(71)67-45-39-61(51-73(67)80)82(75-27-19-15-23-53(75)5)76-28-20-16-24-54(76)6)33-31-57-35-41-63-64-42-36-58(48-70(64)79(9,10)69(63)47-57)32-34-60-38-44-66-68-46-40-62(52-74(68)81(13-3,14-4)72(66)50-60)83(77-29-21-17-25-55(77)7)78-30-22-18-26-56(78)8/h15-52H,11-14H2,1-10H3. The third-order valence-electron chi connectivity index (χ3n) is 19.8. The van der Waals surface area contributed by atoms with Crippen molar-refractivity contribution < 1.29 is 0 Å². The van der Waals surface area contributed by atoms with Gasteiger partial charge in [0.2, 0.25) is 0 Å². The zero-order valence-corrected chi connectivity index (χ0v) is 50.2. The maximum Gasteiger partial charge on any atom is 0.0490 e. The monoisotopic (exact) mass is 1080 g/mol. The molecule has 0 atom stereocenters. The summed E-state index contributed by atoms with van der Waals surface area (Å²) in [6.45, 7) is 23.2.